The van der Waals surface area contributed by atoms with Gasteiger partial charge in [0.15, 0.2) is 0 Å². The molecule has 1 atom stereocenters. The maximum atomic E-state index is 11.6. The van der Waals surface area contributed by atoms with Crippen LogP contribution in [0.2, 0.25) is 5.02 Å². The van der Waals surface area contributed by atoms with E-state index in [1.165, 1.54) is 0 Å². The number of amides is 1. The zero-order valence-corrected chi connectivity index (χ0v) is 12.6. The minimum Gasteiger partial charge on any atom is -0.383 e. The van der Waals surface area contributed by atoms with Gasteiger partial charge >= 0.3 is 0 Å². The van der Waals surface area contributed by atoms with Gasteiger partial charge in [-0.05, 0) is 25.1 Å². The predicted octanol–water partition coefficient (Wildman–Crippen LogP) is 2.67. The van der Waals surface area contributed by atoms with Gasteiger partial charge in [0.25, 0.3) is 0 Å². The summed E-state index contributed by atoms with van der Waals surface area (Å²) in [6.45, 7) is 2.54. The molecule has 18 heavy (non-hydrogen) atoms. The van der Waals surface area contributed by atoms with Crippen LogP contribution in [-0.2, 0) is 9.53 Å². The third-order valence-corrected chi connectivity index (χ3v) is 3.01. The lowest BCUT2D eigenvalue weighted by Crippen LogP contribution is -2.39. The Morgan fingerprint density at radius 1 is 1.56 bits per heavy atom. The molecule has 0 spiro atoms. The van der Waals surface area contributed by atoms with Crippen molar-refractivity contribution < 1.29 is 9.53 Å². The molecule has 0 fully saturated rings. The summed E-state index contributed by atoms with van der Waals surface area (Å²) in [4.78, 5) is 11.6. The minimum absolute atomic E-state index is 0.0118. The number of carbonyl (C=O) groups excluding carboxylic acids is 1. The zero-order chi connectivity index (χ0) is 13.5. The molecular formula is C12H16BrClN2O2. The van der Waals surface area contributed by atoms with Crippen molar-refractivity contribution >= 4 is 39.1 Å². The molecule has 1 amide bonds. The van der Waals surface area contributed by atoms with Crippen LogP contribution in [0.15, 0.2) is 22.7 Å². The molecule has 0 radical (unpaired) electrons. The van der Waals surface area contributed by atoms with E-state index in [-0.39, 0.29) is 18.5 Å². The van der Waals surface area contributed by atoms with Crippen LogP contribution < -0.4 is 10.6 Å². The second-order valence-electron chi connectivity index (χ2n) is 3.90. The van der Waals surface area contributed by atoms with Gasteiger partial charge in [-0.1, -0.05) is 27.5 Å². The van der Waals surface area contributed by atoms with E-state index in [4.69, 9.17) is 16.3 Å². The fraction of sp³-hybridized carbons (Fsp3) is 0.417. The Labute approximate surface area is 120 Å². The highest BCUT2D eigenvalue weighted by atomic mass is 79.9. The molecule has 0 saturated heterocycles. The smallest absolute Gasteiger partial charge is 0.239 e. The third kappa shape index (κ3) is 5.25. The molecule has 0 aromatic heterocycles. The van der Waals surface area contributed by atoms with Crippen LogP contribution in [0, 0.1) is 0 Å². The number of benzene rings is 1. The first kappa shape index (κ1) is 15.3. The van der Waals surface area contributed by atoms with E-state index in [2.05, 4.69) is 26.6 Å². The zero-order valence-electron chi connectivity index (χ0n) is 10.3. The number of halogens is 2. The lowest BCUT2D eigenvalue weighted by molar-refractivity contribution is -0.120. The molecule has 0 saturated carbocycles. The van der Waals surface area contributed by atoms with Gasteiger partial charge in [-0.3, -0.25) is 4.79 Å². The molecule has 0 aliphatic carbocycles. The van der Waals surface area contributed by atoms with E-state index in [1.807, 2.05) is 19.1 Å². The van der Waals surface area contributed by atoms with Crippen LogP contribution in [0.5, 0.6) is 0 Å². The highest BCUT2D eigenvalue weighted by molar-refractivity contribution is 9.10. The Morgan fingerprint density at radius 3 is 2.94 bits per heavy atom. The standard InChI is InChI=1S/C12H16BrClN2O2/c1-8(7-18-2)16-12(17)6-15-11-5-9(13)3-4-10(11)14/h3-5,8,15H,6-7H2,1-2H3,(H,16,17). The summed E-state index contributed by atoms with van der Waals surface area (Å²) in [6, 6.07) is 5.42. The number of nitrogens with one attached hydrogen (secondary N) is 2. The average Bonchev–Trinajstić information content (AvgIpc) is 2.30. The molecule has 6 heteroatoms. The molecule has 2 N–H and O–H groups in total. The molecule has 0 aliphatic rings. The summed E-state index contributed by atoms with van der Waals surface area (Å²) >= 11 is 9.35. The molecule has 1 rings (SSSR count). The predicted molar refractivity (Wildman–Crippen MR) is 77.1 cm³/mol. The summed E-state index contributed by atoms with van der Waals surface area (Å²) in [5.41, 5.74) is 0.723. The van der Waals surface area contributed by atoms with Crippen molar-refractivity contribution in [1.82, 2.24) is 5.32 Å². The molecular weight excluding hydrogens is 320 g/mol. The first-order chi connectivity index (χ1) is 8.52. The number of ether oxygens (including phenoxy) is 1. The summed E-state index contributed by atoms with van der Waals surface area (Å²) in [7, 11) is 1.60. The van der Waals surface area contributed by atoms with Gasteiger partial charge in [-0.2, -0.15) is 0 Å². The van der Waals surface area contributed by atoms with Crippen LogP contribution in [0.25, 0.3) is 0 Å². The van der Waals surface area contributed by atoms with Crippen LogP contribution in [0.3, 0.4) is 0 Å². The number of hydrogen-bond donors (Lipinski definition) is 2. The fourth-order valence-corrected chi connectivity index (χ4v) is 1.97. The SMILES string of the molecule is COCC(C)NC(=O)CNc1cc(Br)ccc1Cl. The lowest BCUT2D eigenvalue weighted by Gasteiger charge is -2.14. The Bertz CT molecular complexity index is 415. The van der Waals surface area contributed by atoms with E-state index < -0.39 is 0 Å². The summed E-state index contributed by atoms with van der Waals surface area (Å²) in [6.07, 6.45) is 0. The van der Waals surface area contributed by atoms with Crippen LogP contribution in [-0.4, -0.2) is 32.2 Å². The molecule has 0 heterocycles. The number of carbonyl (C=O) groups is 1. The lowest BCUT2D eigenvalue weighted by atomic mass is 10.3. The first-order valence-corrected chi connectivity index (χ1v) is 6.67. The van der Waals surface area contributed by atoms with Crippen molar-refractivity contribution in [2.75, 3.05) is 25.6 Å². The van der Waals surface area contributed by atoms with Gasteiger partial charge in [0.2, 0.25) is 5.91 Å². The molecule has 0 aliphatic heterocycles. The molecule has 0 bridgehead atoms. The maximum absolute atomic E-state index is 11.6. The fourth-order valence-electron chi connectivity index (χ4n) is 1.43. The normalized spacial score (nSPS) is 12.0. The third-order valence-electron chi connectivity index (χ3n) is 2.19. The number of rotatable bonds is 6. The topological polar surface area (TPSA) is 50.4 Å². The van der Waals surface area contributed by atoms with Crippen molar-refractivity contribution in [2.45, 2.75) is 13.0 Å². The maximum Gasteiger partial charge on any atom is 0.239 e. The van der Waals surface area contributed by atoms with Crippen molar-refractivity contribution in [3.05, 3.63) is 27.7 Å². The van der Waals surface area contributed by atoms with Gasteiger partial charge in [0.05, 0.1) is 23.9 Å². The van der Waals surface area contributed by atoms with Crippen LogP contribution in [0.4, 0.5) is 5.69 Å². The quantitative estimate of drug-likeness (QED) is 0.840. The summed E-state index contributed by atoms with van der Waals surface area (Å²) in [5, 5.41) is 6.37. The average molecular weight is 336 g/mol. The Hall–Kier alpha value is -0.780. The van der Waals surface area contributed by atoms with Crippen molar-refractivity contribution in [2.24, 2.45) is 0 Å². The summed E-state index contributed by atoms with van der Waals surface area (Å²) < 4.78 is 5.84. The minimum atomic E-state index is -0.101. The van der Waals surface area contributed by atoms with Gasteiger partial charge in [0, 0.05) is 17.6 Å². The van der Waals surface area contributed by atoms with Crippen molar-refractivity contribution in [3.63, 3.8) is 0 Å². The van der Waals surface area contributed by atoms with Crippen LogP contribution >= 0.6 is 27.5 Å². The van der Waals surface area contributed by atoms with E-state index in [0.717, 1.165) is 10.2 Å². The Morgan fingerprint density at radius 2 is 2.28 bits per heavy atom. The van der Waals surface area contributed by atoms with Gasteiger partial charge < -0.3 is 15.4 Å². The largest absolute Gasteiger partial charge is 0.383 e. The van der Waals surface area contributed by atoms with Crippen molar-refractivity contribution in [1.29, 1.82) is 0 Å². The summed E-state index contributed by atoms with van der Waals surface area (Å²) in [5.74, 6) is -0.101. The van der Waals surface area contributed by atoms with Gasteiger partial charge in [0.1, 0.15) is 0 Å². The molecule has 1 aromatic rings. The first-order valence-electron chi connectivity index (χ1n) is 5.50. The molecule has 1 unspecified atom stereocenters. The van der Waals surface area contributed by atoms with E-state index in [1.54, 1.807) is 13.2 Å². The van der Waals surface area contributed by atoms with Gasteiger partial charge in [-0.15, -0.1) is 0 Å². The molecule has 4 nitrogen and oxygen atoms in total. The van der Waals surface area contributed by atoms with E-state index in [0.29, 0.717) is 11.6 Å². The highest BCUT2D eigenvalue weighted by Crippen LogP contribution is 2.25. The molecule has 100 valence electrons. The molecule has 1 aromatic carbocycles. The number of methoxy groups -OCH3 is 1. The van der Waals surface area contributed by atoms with E-state index in [9.17, 15) is 4.79 Å². The number of hydrogen-bond acceptors (Lipinski definition) is 3. The number of anilines is 1. The van der Waals surface area contributed by atoms with Gasteiger partial charge in [-0.25, -0.2) is 0 Å². The van der Waals surface area contributed by atoms with Crippen molar-refractivity contribution in [3.8, 4) is 0 Å². The second-order valence-corrected chi connectivity index (χ2v) is 5.22. The Balaban J connectivity index is 2.45. The van der Waals surface area contributed by atoms with Crippen LogP contribution in [0.1, 0.15) is 6.92 Å². The highest BCUT2D eigenvalue weighted by Gasteiger charge is 2.07. The second kappa shape index (κ2) is 7.61. The Kier molecular flexibility index (Phi) is 6.46. The monoisotopic (exact) mass is 334 g/mol. The van der Waals surface area contributed by atoms with E-state index >= 15 is 0 Å².